The number of carbonyl (C=O) groups is 1. The Labute approximate surface area is 119 Å². The number of hydrogen-bond donors (Lipinski definition) is 0. The lowest BCUT2D eigenvalue weighted by Crippen LogP contribution is -2.10. The maximum Gasteiger partial charge on any atom is 0.319 e. The number of carbonyl (C=O) groups excluding carboxylic acids is 1. The lowest BCUT2D eigenvalue weighted by atomic mass is 10.2. The Kier molecular flexibility index (Phi) is 3.43. The third-order valence-corrected chi connectivity index (χ3v) is 4.36. The summed E-state index contributed by atoms with van der Waals surface area (Å²) in [7, 11) is 1.75. The molecule has 1 aromatic heterocycles. The van der Waals surface area contributed by atoms with Crippen LogP contribution in [0.25, 0.3) is 11.4 Å². The highest BCUT2D eigenvalue weighted by Gasteiger charge is 2.29. The van der Waals surface area contributed by atoms with Gasteiger partial charge in [-0.2, -0.15) is 0 Å². The van der Waals surface area contributed by atoms with Crippen LogP contribution in [-0.2, 0) is 16.6 Å². The molecule has 0 unspecified atom stereocenters. The summed E-state index contributed by atoms with van der Waals surface area (Å²) >= 11 is 1.30. The first-order valence-electron chi connectivity index (χ1n) is 6.14. The molecule has 0 bridgehead atoms. The van der Waals surface area contributed by atoms with Crippen LogP contribution in [-0.4, -0.2) is 32.6 Å². The summed E-state index contributed by atoms with van der Waals surface area (Å²) in [6.07, 6.45) is 0.658. The first-order chi connectivity index (χ1) is 9.66. The molecule has 20 heavy (non-hydrogen) atoms. The Morgan fingerprint density at radius 2 is 2.20 bits per heavy atom. The van der Waals surface area contributed by atoms with E-state index in [1.54, 1.807) is 29.8 Å². The van der Waals surface area contributed by atoms with E-state index in [4.69, 9.17) is 4.74 Å². The minimum absolute atomic E-state index is 0.231. The van der Waals surface area contributed by atoms with Crippen LogP contribution in [0.15, 0.2) is 29.4 Å². The highest BCUT2D eigenvalue weighted by Crippen LogP contribution is 2.30. The SMILES string of the molecule is Cn1c(S[C@H]2CCOC2=O)nnc1-c1ccccc1F. The zero-order valence-corrected chi connectivity index (χ0v) is 11.6. The number of benzene rings is 1. The number of cyclic esters (lactones) is 1. The van der Waals surface area contributed by atoms with Crippen molar-refractivity contribution in [2.75, 3.05) is 6.61 Å². The standard InChI is InChI=1S/C13H12FN3O2S/c1-17-11(8-4-2-3-5-9(8)14)15-16-13(17)20-10-6-7-19-12(10)18/h2-5,10H,6-7H2,1H3/t10-/m0/s1. The summed E-state index contributed by atoms with van der Waals surface area (Å²) in [6.45, 7) is 0.439. The number of esters is 1. The molecular weight excluding hydrogens is 281 g/mol. The minimum Gasteiger partial charge on any atom is -0.465 e. The lowest BCUT2D eigenvalue weighted by Gasteiger charge is -2.06. The quantitative estimate of drug-likeness (QED) is 0.810. The maximum atomic E-state index is 13.8. The van der Waals surface area contributed by atoms with E-state index >= 15 is 0 Å². The summed E-state index contributed by atoms with van der Waals surface area (Å²) in [4.78, 5) is 11.5. The molecule has 104 valence electrons. The molecule has 2 aromatic rings. The van der Waals surface area contributed by atoms with Crippen LogP contribution in [0.1, 0.15) is 6.42 Å². The van der Waals surface area contributed by atoms with E-state index in [2.05, 4.69) is 10.2 Å². The van der Waals surface area contributed by atoms with Gasteiger partial charge >= 0.3 is 5.97 Å². The van der Waals surface area contributed by atoms with Crippen LogP contribution < -0.4 is 0 Å². The molecule has 1 aromatic carbocycles. The number of rotatable bonds is 3. The van der Waals surface area contributed by atoms with Crippen molar-refractivity contribution in [1.29, 1.82) is 0 Å². The predicted molar refractivity (Wildman–Crippen MR) is 71.6 cm³/mol. The van der Waals surface area contributed by atoms with Gasteiger partial charge in [-0.05, 0) is 12.1 Å². The minimum atomic E-state index is -0.347. The summed E-state index contributed by atoms with van der Waals surface area (Å²) in [6, 6.07) is 6.40. The van der Waals surface area contributed by atoms with Gasteiger partial charge in [0.1, 0.15) is 11.1 Å². The van der Waals surface area contributed by atoms with Crippen molar-refractivity contribution in [3.05, 3.63) is 30.1 Å². The molecule has 5 nitrogen and oxygen atoms in total. The van der Waals surface area contributed by atoms with E-state index in [1.807, 2.05) is 0 Å². The van der Waals surface area contributed by atoms with Crippen LogP contribution in [0.3, 0.4) is 0 Å². The second kappa shape index (κ2) is 5.24. The van der Waals surface area contributed by atoms with Crippen molar-refractivity contribution in [2.24, 2.45) is 7.05 Å². The van der Waals surface area contributed by atoms with Gasteiger partial charge in [0.25, 0.3) is 0 Å². The zero-order valence-electron chi connectivity index (χ0n) is 10.7. The number of aromatic nitrogens is 3. The van der Waals surface area contributed by atoms with Gasteiger partial charge in [0, 0.05) is 13.5 Å². The average molecular weight is 293 g/mol. The highest BCUT2D eigenvalue weighted by atomic mass is 32.2. The number of nitrogens with zero attached hydrogens (tertiary/aromatic N) is 3. The smallest absolute Gasteiger partial charge is 0.319 e. The van der Waals surface area contributed by atoms with E-state index in [-0.39, 0.29) is 17.0 Å². The van der Waals surface area contributed by atoms with Crippen LogP contribution in [0.5, 0.6) is 0 Å². The van der Waals surface area contributed by atoms with Crippen molar-refractivity contribution in [2.45, 2.75) is 16.8 Å². The van der Waals surface area contributed by atoms with Gasteiger partial charge in [-0.3, -0.25) is 4.79 Å². The van der Waals surface area contributed by atoms with E-state index in [0.29, 0.717) is 29.6 Å². The largest absolute Gasteiger partial charge is 0.465 e. The second-order valence-electron chi connectivity index (χ2n) is 4.41. The Balaban J connectivity index is 1.89. The van der Waals surface area contributed by atoms with Gasteiger partial charge in [0.15, 0.2) is 11.0 Å². The van der Waals surface area contributed by atoms with Gasteiger partial charge in [-0.1, -0.05) is 23.9 Å². The molecule has 7 heteroatoms. The number of thioether (sulfide) groups is 1. The topological polar surface area (TPSA) is 57.0 Å². The molecule has 1 atom stereocenters. The van der Waals surface area contributed by atoms with Gasteiger partial charge in [0.2, 0.25) is 0 Å². The van der Waals surface area contributed by atoms with E-state index in [9.17, 15) is 9.18 Å². The molecule has 0 saturated carbocycles. The van der Waals surface area contributed by atoms with E-state index in [1.165, 1.54) is 17.8 Å². The number of hydrogen-bond acceptors (Lipinski definition) is 5. The molecule has 0 radical (unpaired) electrons. The monoisotopic (exact) mass is 293 g/mol. The normalized spacial score (nSPS) is 18.3. The van der Waals surface area contributed by atoms with E-state index in [0.717, 1.165) is 0 Å². The number of ether oxygens (including phenoxy) is 1. The average Bonchev–Trinajstić information content (AvgIpc) is 2.99. The molecule has 2 heterocycles. The third kappa shape index (κ3) is 2.29. The summed E-state index contributed by atoms with van der Waals surface area (Å²) in [5.41, 5.74) is 0.392. The van der Waals surface area contributed by atoms with Crippen molar-refractivity contribution in [3.63, 3.8) is 0 Å². The fraction of sp³-hybridized carbons (Fsp3) is 0.308. The van der Waals surface area contributed by atoms with Crippen LogP contribution in [0.2, 0.25) is 0 Å². The lowest BCUT2D eigenvalue weighted by molar-refractivity contribution is -0.137. The maximum absolute atomic E-state index is 13.8. The molecular formula is C13H12FN3O2S. The highest BCUT2D eigenvalue weighted by molar-refractivity contribution is 8.00. The molecule has 1 fully saturated rings. The first kappa shape index (κ1) is 13.1. The Hall–Kier alpha value is -1.89. The van der Waals surface area contributed by atoms with Gasteiger partial charge in [0.05, 0.1) is 12.2 Å². The summed E-state index contributed by atoms with van der Waals surface area (Å²) in [5, 5.41) is 8.36. The van der Waals surface area contributed by atoms with Gasteiger partial charge < -0.3 is 9.30 Å². The van der Waals surface area contributed by atoms with Crippen molar-refractivity contribution in [1.82, 2.24) is 14.8 Å². The van der Waals surface area contributed by atoms with Crippen LogP contribution >= 0.6 is 11.8 Å². The molecule has 1 saturated heterocycles. The van der Waals surface area contributed by atoms with Crippen molar-refractivity contribution in [3.8, 4) is 11.4 Å². The fourth-order valence-corrected chi connectivity index (χ4v) is 2.97. The molecule has 0 amide bonds. The zero-order chi connectivity index (χ0) is 14.1. The van der Waals surface area contributed by atoms with Crippen LogP contribution in [0.4, 0.5) is 4.39 Å². The third-order valence-electron chi connectivity index (χ3n) is 3.08. The summed E-state index contributed by atoms with van der Waals surface area (Å²) in [5.74, 6) is -0.137. The fourth-order valence-electron chi connectivity index (χ4n) is 2.01. The predicted octanol–water partition coefficient (Wildman–Crippen LogP) is 2.03. The second-order valence-corrected chi connectivity index (χ2v) is 5.58. The van der Waals surface area contributed by atoms with Crippen LogP contribution in [0, 0.1) is 5.82 Å². The van der Waals surface area contributed by atoms with Gasteiger partial charge in [-0.25, -0.2) is 4.39 Å². The molecule has 3 rings (SSSR count). The Morgan fingerprint density at radius 1 is 1.40 bits per heavy atom. The molecule has 0 spiro atoms. The van der Waals surface area contributed by atoms with Crippen molar-refractivity contribution < 1.29 is 13.9 Å². The Morgan fingerprint density at radius 3 is 2.90 bits per heavy atom. The molecule has 0 N–H and O–H groups in total. The molecule has 1 aliphatic heterocycles. The molecule has 0 aliphatic carbocycles. The Bertz CT molecular complexity index is 659. The van der Waals surface area contributed by atoms with Crippen molar-refractivity contribution >= 4 is 17.7 Å². The van der Waals surface area contributed by atoms with E-state index < -0.39 is 0 Å². The first-order valence-corrected chi connectivity index (χ1v) is 7.02. The molecule has 1 aliphatic rings. The van der Waals surface area contributed by atoms with Gasteiger partial charge in [-0.15, -0.1) is 10.2 Å². The number of halogens is 1. The summed E-state index contributed by atoms with van der Waals surface area (Å²) < 4.78 is 20.4.